The highest BCUT2D eigenvalue weighted by Gasteiger charge is 2.53. The molecule has 0 aromatic rings. The maximum Gasteiger partial charge on any atom is 0.0153 e. The lowest BCUT2D eigenvalue weighted by atomic mass is 10.1. The van der Waals surface area contributed by atoms with Gasteiger partial charge in [-0.3, -0.25) is 0 Å². The molecule has 1 aliphatic carbocycles. The zero-order valence-corrected chi connectivity index (χ0v) is 7.57. The molecule has 0 aliphatic heterocycles. The zero-order valence-electron chi connectivity index (χ0n) is 7.57. The summed E-state index contributed by atoms with van der Waals surface area (Å²) in [6.45, 7) is 10.4. The van der Waals surface area contributed by atoms with Crippen molar-refractivity contribution in [3.05, 3.63) is 0 Å². The van der Waals surface area contributed by atoms with Crippen LogP contribution in [0.2, 0.25) is 0 Å². The average Bonchev–Trinajstić information content (AvgIpc) is 2.31. The molecule has 0 saturated heterocycles. The van der Waals surface area contributed by atoms with Gasteiger partial charge in [0, 0.05) is 6.04 Å². The molecule has 2 atom stereocenters. The Hall–Kier alpha value is -0.0400. The molecule has 1 heteroatoms. The van der Waals surface area contributed by atoms with E-state index < -0.39 is 0 Å². The summed E-state index contributed by atoms with van der Waals surface area (Å²) in [5.41, 5.74) is 0.565. The normalized spacial score (nSPS) is 36.0. The Kier molecular flexibility index (Phi) is 2.04. The predicted molar refractivity (Wildman–Crippen MR) is 45.0 cm³/mol. The molecule has 0 aromatic carbocycles. The molecule has 0 amide bonds. The fraction of sp³-hybridized carbons (Fsp3) is 1.00. The van der Waals surface area contributed by atoms with Crippen LogP contribution < -0.4 is 5.32 Å². The van der Waals surface area contributed by atoms with Crippen LogP contribution >= 0.6 is 0 Å². The Morgan fingerprint density at radius 3 is 2.20 bits per heavy atom. The van der Waals surface area contributed by atoms with Crippen LogP contribution in [0, 0.1) is 11.3 Å². The second-order valence-corrected chi connectivity index (χ2v) is 4.04. The van der Waals surface area contributed by atoms with Gasteiger partial charge in [0.25, 0.3) is 0 Å². The third kappa shape index (κ3) is 1.20. The Bertz CT molecular complexity index is 118. The lowest BCUT2D eigenvalue weighted by Crippen LogP contribution is -2.21. The van der Waals surface area contributed by atoms with Gasteiger partial charge in [-0.25, -0.2) is 0 Å². The van der Waals surface area contributed by atoms with Gasteiger partial charge >= 0.3 is 0 Å². The SMILES string of the molecule is CCCNC1C(C)C1(C)C. The second-order valence-electron chi connectivity index (χ2n) is 4.04. The Morgan fingerprint density at radius 2 is 1.90 bits per heavy atom. The molecule has 0 spiro atoms. The smallest absolute Gasteiger partial charge is 0.0153 e. The summed E-state index contributed by atoms with van der Waals surface area (Å²) in [5.74, 6) is 0.874. The van der Waals surface area contributed by atoms with Crippen molar-refractivity contribution >= 4 is 0 Å². The maximum absolute atomic E-state index is 3.55. The quantitative estimate of drug-likeness (QED) is 0.634. The van der Waals surface area contributed by atoms with Gasteiger partial charge in [-0.05, 0) is 24.3 Å². The molecular weight excluding hydrogens is 122 g/mol. The minimum Gasteiger partial charge on any atom is -0.313 e. The number of rotatable bonds is 3. The largest absolute Gasteiger partial charge is 0.313 e. The molecule has 2 unspecified atom stereocenters. The zero-order chi connectivity index (χ0) is 7.78. The van der Waals surface area contributed by atoms with Crippen molar-refractivity contribution in [2.45, 2.75) is 40.2 Å². The second kappa shape index (κ2) is 2.54. The van der Waals surface area contributed by atoms with E-state index in [0.717, 1.165) is 12.0 Å². The highest BCUT2D eigenvalue weighted by Crippen LogP contribution is 2.51. The highest BCUT2D eigenvalue weighted by molar-refractivity contribution is 5.08. The summed E-state index contributed by atoms with van der Waals surface area (Å²) in [5, 5.41) is 3.55. The van der Waals surface area contributed by atoms with Crippen molar-refractivity contribution in [3.8, 4) is 0 Å². The third-order valence-electron chi connectivity index (χ3n) is 2.98. The van der Waals surface area contributed by atoms with Gasteiger partial charge in [0.1, 0.15) is 0 Å². The number of hydrogen-bond donors (Lipinski definition) is 1. The monoisotopic (exact) mass is 141 g/mol. The van der Waals surface area contributed by atoms with Crippen LogP contribution in [0.4, 0.5) is 0 Å². The molecule has 1 N–H and O–H groups in total. The van der Waals surface area contributed by atoms with Crippen LogP contribution in [0.5, 0.6) is 0 Å². The summed E-state index contributed by atoms with van der Waals surface area (Å²) in [6, 6.07) is 0.785. The van der Waals surface area contributed by atoms with Crippen molar-refractivity contribution in [1.82, 2.24) is 5.32 Å². The summed E-state index contributed by atoms with van der Waals surface area (Å²) in [7, 11) is 0. The van der Waals surface area contributed by atoms with Crippen molar-refractivity contribution < 1.29 is 0 Å². The molecule has 1 fully saturated rings. The third-order valence-corrected chi connectivity index (χ3v) is 2.98. The molecule has 0 aromatic heterocycles. The minimum absolute atomic E-state index is 0.565. The average molecular weight is 141 g/mol. The van der Waals surface area contributed by atoms with Crippen LogP contribution in [-0.2, 0) is 0 Å². The van der Waals surface area contributed by atoms with E-state index in [9.17, 15) is 0 Å². The fourth-order valence-corrected chi connectivity index (χ4v) is 1.63. The van der Waals surface area contributed by atoms with Crippen molar-refractivity contribution in [3.63, 3.8) is 0 Å². The van der Waals surface area contributed by atoms with E-state index in [2.05, 4.69) is 33.0 Å². The van der Waals surface area contributed by atoms with Gasteiger partial charge in [0.2, 0.25) is 0 Å². The molecule has 1 rings (SSSR count). The van der Waals surface area contributed by atoms with Crippen LogP contribution in [0.15, 0.2) is 0 Å². The van der Waals surface area contributed by atoms with E-state index in [1.807, 2.05) is 0 Å². The summed E-state index contributed by atoms with van der Waals surface area (Å²) in [6.07, 6.45) is 1.25. The van der Waals surface area contributed by atoms with Gasteiger partial charge in [-0.1, -0.05) is 27.7 Å². The van der Waals surface area contributed by atoms with E-state index in [4.69, 9.17) is 0 Å². The van der Waals surface area contributed by atoms with E-state index in [1.54, 1.807) is 0 Å². The van der Waals surface area contributed by atoms with Crippen LogP contribution in [0.1, 0.15) is 34.1 Å². The van der Waals surface area contributed by atoms with E-state index in [0.29, 0.717) is 5.41 Å². The first-order valence-corrected chi connectivity index (χ1v) is 4.34. The lowest BCUT2D eigenvalue weighted by molar-refractivity contribution is 0.533. The van der Waals surface area contributed by atoms with Crippen molar-refractivity contribution in [2.75, 3.05) is 6.54 Å². The highest BCUT2D eigenvalue weighted by atomic mass is 15.0. The molecule has 0 heterocycles. The number of hydrogen-bond acceptors (Lipinski definition) is 1. The molecule has 1 saturated carbocycles. The van der Waals surface area contributed by atoms with Crippen LogP contribution in [-0.4, -0.2) is 12.6 Å². The first-order valence-electron chi connectivity index (χ1n) is 4.34. The van der Waals surface area contributed by atoms with Crippen molar-refractivity contribution in [1.29, 1.82) is 0 Å². The standard InChI is InChI=1S/C9H19N/c1-5-6-10-8-7(2)9(8,3)4/h7-8,10H,5-6H2,1-4H3. The summed E-state index contributed by atoms with van der Waals surface area (Å²) >= 11 is 0. The van der Waals surface area contributed by atoms with Gasteiger partial charge in [0.15, 0.2) is 0 Å². The lowest BCUT2D eigenvalue weighted by Gasteiger charge is -2.02. The van der Waals surface area contributed by atoms with Gasteiger partial charge in [0.05, 0.1) is 0 Å². The molecule has 1 nitrogen and oxygen atoms in total. The first kappa shape index (κ1) is 8.06. The van der Waals surface area contributed by atoms with Crippen molar-refractivity contribution in [2.24, 2.45) is 11.3 Å². The summed E-state index contributed by atoms with van der Waals surface area (Å²) in [4.78, 5) is 0. The van der Waals surface area contributed by atoms with Crippen LogP contribution in [0.3, 0.4) is 0 Å². The van der Waals surface area contributed by atoms with Gasteiger partial charge in [-0.2, -0.15) is 0 Å². The van der Waals surface area contributed by atoms with E-state index in [-0.39, 0.29) is 0 Å². The Labute approximate surface area is 64.2 Å². The maximum atomic E-state index is 3.55. The van der Waals surface area contributed by atoms with Gasteiger partial charge < -0.3 is 5.32 Å². The molecule has 10 heavy (non-hydrogen) atoms. The number of nitrogens with one attached hydrogen (secondary N) is 1. The predicted octanol–water partition coefficient (Wildman–Crippen LogP) is 2.03. The van der Waals surface area contributed by atoms with Gasteiger partial charge in [-0.15, -0.1) is 0 Å². The molecular formula is C9H19N. The molecule has 60 valence electrons. The molecule has 1 aliphatic rings. The topological polar surface area (TPSA) is 12.0 Å². The minimum atomic E-state index is 0.565. The molecule has 0 bridgehead atoms. The van der Waals surface area contributed by atoms with Crippen LogP contribution in [0.25, 0.3) is 0 Å². The van der Waals surface area contributed by atoms with E-state index in [1.165, 1.54) is 13.0 Å². The fourth-order valence-electron chi connectivity index (χ4n) is 1.63. The molecule has 0 radical (unpaired) electrons. The summed E-state index contributed by atoms with van der Waals surface area (Å²) < 4.78 is 0. The first-order chi connectivity index (χ1) is 4.60. The van der Waals surface area contributed by atoms with E-state index >= 15 is 0 Å². The Morgan fingerprint density at radius 1 is 1.40 bits per heavy atom. The Balaban J connectivity index is 2.22.